The van der Waals surface area contributed by atoms with Crippen molar-refractivity contribution in [3.05, 3.63) is 70.8 Å². The number of aliphatic hydroxyl groups excluding tert-OH is 1. The highest BCUT2D eigenvalue weighted by Crippen LogP contribution is 2.24. The van der Waals surface area contributed by atoms with Crippen LogP contribution in [-0.2, 0) is 11.8 Å². The van der Waals surface area contributed by atoms with Crippen molar-refractivity contribution in [2.24, 2.45) is 0 Å². The maximum Gasteiger partial charge on any atom is 0.0793 e. The van der Waals surface area contributed by atoms with Gasteiger partial charge in [0.05, 0.1) is 6.10 Å². The van der Waals surface area contributed by atoms with E-state index in [-0.39, 0.29) is 5.41 Å². The summed E-state index contributed by atoms with van der Waals surface area (Å²) in [6.45, 7) is 11.1. The van der Waals surface area contributed by atoms with Gasteiger partial charge in [0.15, 0.2) is 0 Å². The van der Waals surface area contributed by atoms with E-state index in [0.29, 0.717) is 5.92 Å². The average molecular weight is 310 g/mol. The lowest BCUT2D eigenvalue weighted by Crippen LogP contribution is -2.10. The van der Waals surface area contributed by atoms with Gasteiger partial charge in [-0.1, -0.05) is 83.1 Å². The molecule has 0 aromatic heterocycles. The molecule has 0 saturated heterocycles. The van der Waals surface area contributed by atoms with Crippen LogP contribution in [0, 0.1) is 0 Å². The van der Waals surface area contributed by atoms with Crippen LogP contribution in [0.1, 0.15) is 75.3 Å². The molecule has 1 heteroatoms. The van der Waals surface area contributed by atoms with Gasteiger partial charge in [0.25, 0.3) is 0 Å². The van der Waals surface area contributed by atoms with Crippen LogP contribution in [-0.4, -0.2) is 5.11 Å². The Kier molecular flexibility index (Phi) is 5.64. The van der Waals surface area contributed by atoms with Gasteiger partial charge in [0.2, 0.25) is 0 Å². The first kappa shape index (κ1) is 17.7. The van der Waals surface area contributed by atoms with Crippen LogP contribution in [0.15, 0.2) is 48.5 Å². The molecule has 0 aliphatic rings. The Bertz CT molecular complexity index is 600. The predicted molar refractivity (Wildman–Crippen MR) is 99.0 cm³/mol. The van der Waals surface area contributed by atoms with Gasteiger partial charge in [-0.05, 0) is 46.4 Å². The minimum absolute atomic E-state index is 0.191. The number of aliphatic hydroxyl groups is 1. The molecule has 1 atom stereocenters. The molecule has 2 aromatic carbocycles. The summed E-state index contributed by atoms with van der Waals surface area (Å²) in [5.74, 6) is 0.530. The number of hydrogen-bond donors (Lipinski definition) is 1. The summed E-state index contributed by atoms with van der Waals surface area (Å²) >= 11 is 0. The molecule has 0 radical (unpaired) electrons. The lowest BCUT2D eigenvalue weighted by Gasteiger charge is -2.19. The molecule has 0 heterocycles. The number of aryl methyl sites for hydroxylation is 1. The first-order valence-corrected chi connectivity index (χ1v) is 8.64. The molecular formula is C22H30O. The van der Waals surface area contributed by atoms with Crippen molar-refractivity contribution in [2.45, 2.75) is 64.9 Å². The van der Waals surface area contributed by atoms with E-state index in [1.807, 2.05) is 0 Å². The second kappa shape index (κ2) is 7.31. The standard InChI is InChI=1S/C22H30O/c1-16(2)18-9-11-19(12-10-18)21(23)15-8-17-6-13-20(14-7-17)22(3,4)5/h6-7,9-14,16,21,23H,8,15H2,1-5H3. The first-order valence-electron chi connectivity index (χ1n) is 8.64. The molecular weight excluding hydrogens is 280 g/mol. The Morgan fingerprint density at radius 1 is 0.826 bits per heavy atom. The highest BCUT2D eigenvalue weighted by molar-refractivity contribution is 5.29. The van der Waals surface area contributed by atoms with E-state index in [9.17, 15) is 5.11 Å². The third-order valence-electron chi connectivity index (χ3n) is 4.51. The zero-order valence-electron chi connectivity index (χ0n) is 15.1. The Labute approximate surface area is 141 Å². The summed E-state index contributed by atoms with van der Waals surface area (Å²) < 4.78 is 0. The Morgan fingerprint density at radius 3 is 1.83 bits per heavy atom. The molecule has 124 valence electrons. The second-order valence-electron chi connectivity index (χ2n) is 7.82. The highest BCUT2D eigenvalue weighted by Gasteiger charge is 2.13. The van der Waals surface area contributed by atoms with E-state index in [1.165, 1.54) is 16.7 Å². The Hall–Kier alpha value is -1.60. The van der Waals surface area contributed by atoms with Gasteiger partial charge in [-0.3, -0.25) is 0 Å². The average Bonchev–Trinajstić information content (AvgIpc) is 2.52. The van der Waals surface area contributed by atoms with Crippen molar-refractivity contribution in [3.63, 3.8) is 0 Å². The molecule has 23 heavy (non-hydrogen) atoms. The fraction of sp³-hybridized carbons (Fsp3) is 0.455. The van der Waals surface area contributed by atoms with Crippen LogP contribution in [0.3, 0.4) is 0 Å². The van der Waals surface area contributed by atoms with Crippen molar-refractivity contribution in [3.8, 4) is 0 Å². The van der Waals surface area contributed by atoms with Gasteiger partial charge < -0.3 is 5.11 Å². The summed E-state index contributed by atoms with van der Waals surface area (Å²) in [5, 5.41) is 10.4. The number of benzene rings is 2. The zero-order chi connectivity index (χ0) is 17.0. The molecule has 0 amide bonds. The monoisotopic (exact) mass is 310 g/mol. The van der Waals surface area contributed by atoms with Crippen LogP contribution < -0.4 is 0 Å². The Morgan fingerprint density at radius 2 is 1.35 bits per heavy atom. The fourth-order valence-electron chi connectivity index (χ4n) is 2.74. The summed E-state index contributed by atoms with van der Waals surface area (Å²) in [6.07, 6.45) is 1.27. The van der Waals surface area contributed by atoms with E-state index < -0.39 is 6.10 Å². The van der Waals surface area contributed by atoms with Crippen LogP contribution in [0.2, 0.25) is 0 Å². The van der Waals surface area contributed by atoms with Crippen molar-refractivity contribution >= 4 is 0 Å². The maximum absolute atomic E-state index is 10.4. The minimum Gasteiger partial charge on any atom is -0.388 e. The van der Waals surface area contributed by atoms with Crippen LogP contribution >= 0.6 is 0 Å². The van der Waals surface area contributed by atoms with E-state index in [2.05, 4.69) is 83.1 Å². The van der Waals surface area contributed by atoms with Crippen LogP contribution in [0.5, 0.6) is 0 Å². The van der Waals surface area contributed by atoms with Gasteiger partial charge in [-0.2, -0.15) is 0 Å². The predicted octanol–water partition coefficient (Wildman–Crippen LogP) is 5.77. The molecule has 0 aliphatic carbocycles. The quantitative estimate of drug-likeness (QED) is 0.743. The smallest absolute Gasteiger partial charge is 0.0793 e. The van der Waals surface area contributed by atoms with Crippen LogP contribution in [0.4, 0.5) is 0 Å². The first-order chi connectivity index (χ1) is 10.8. The van der Waals surface area contributed by atoms with E-state index in [1.54, 1.807) is 0 Å². The molecule has 0 fully saturated rings. The summed E-state index contributed by atoms with van der Waals surface area (Å²) in [5.41, 5.74) is 5.16. The highest BCUT2D eigenvalue weighted by atomic mass is 16.3. The Balaban J connectivity index is 1.94. The minimum atomic E-state index is -0.390. The van der Waals surface area contributed by atoms with E-state index >= 15 is 0 Å². The van der Waals surface area contributed by atoms with Crippen molar-refractivity contribution in [1.29, 1.82) is 0 Å². The normalized spacial score (nSPS) is 13.3. The van der Waals surface area contributed by atoms with Crippen molar-refractivity contribution in [2.75, 3.05) is 0 Å². The molecule has 0 spiro atoms. The van der Waals surface area contributed by atoms with Gasteiger partial charge >= 0.3 is 0 Å². The number of rotatable bonds is 5. The topological polar surface area (TPSA) is 20.2 Å². The maximum atomic E-state index is 10.4. The molecule has 2 aromatic rings. The van der Waals surface area contributed by atoms with Gasteiger partial charge in [-0.25, -0.2) is 0 Å². The molecule has 2 rings (SSSR count). The summed E-state index contributed by atoms with van der Waals surface area (Å²) in [4.78, 5) is 0. The third-order valence-corrected chi connectivity index (χ3v) is 4.51. The lowest BCUT2D eigenvalue weighted by atomic mass is 9.86. The largest absolute Gasteiger partial charge is 0.388 e. The van der Waals surface area contributed by atoms with Gasteiger partial charge in [0.1, 0.15) is 0 Å². The molecule has 1 unspecified atom stereocenters. The fourth-order valence-corrected chi connectivity index (χ4v) is 2.74. The summed E-state index contributed by atoms with van der Waals surface area (Å²) in [7, 11) is 0. The molecule has 0 bridgehead atoms. The number of hydrogen-bond acceptors (Lipinski definition) is 1. The zero-order valence-corrected chi connectivity index (χ0v) is 15.1. The summed E-state index contributed by atoms with van der Waals surface area (Å²) in [6, 6.07) is 17.2. The molecule has 0 saturated carbocycles. The van der Waals surface area contributed by atoms with Crippen molar-refractivity contribution in [1.82, 2.24) is 0 Å². The molecule has 0 aliphatic heterocycles. The lowest BCUT2D eigenvalue weighted by molar-refractivity contribution is 0.168. The molecule has 1 nitrogen and oxygen atoms in total. The molecule has 1 N–H and O–H groups in total. The van der Waals surface area contributed by atoms with Gasteiger partial charge in [-0.15, -0.1) is 0 Å². The van der Waals surface area contributed by atoms with Crippen LogP contribution in [0.25, 0.3) is 0 Å². The third kappa shape index (κ3) is 4.94. The van der Waals surface area contributed by atoms with Crippen molar-refractivity contribution < 1.29 is 5.11 Å². The van der Waals surface area contributed by atoms with E-state index in [4.69, 9.17) is 0 Å². The SMILES string of the molecule is CC(C)c1ccc(C(O)CCc2ccc(C(C)(C)C)cc2)cc1. The van der Waals surface area contributed by atoms with Gasteiger partial charge in [0, 0.05) is 0 Å². The second-order valence-corrected chi connectivity index (χ2v) is 7.82. The van der Waals surface area contributed by atoms with E-state index in [0.717, 1.165) is 18.4 Å².